The van der Waals surface area contributed by atoms with Crippen molar-refractivity contribution in [2.24, 2.45) is 23.7 Å². The van der Waals surface area contributed by atoms with Crippen LogP contribution in [0.2, 0.25) is 0 Å². The molecular weight excluding hydrogens is 220 g/mol. The second-order valence-corrected chi connectivity index (χ2v) is 5.35. The highest BCUT2D eigenvalue weighted by Crippen LogP contribution is 2.56. The van der Waals surface area contributed by atoms with Gasteiger partial charge in [0.2, 0.25) is 0 Å². The maximum absolute atomic E-state index is 11.7. The van der Waals surface area contributed by atoms with Crippen LogP contribution in [0.1, 0.15) is 19.8 Å². The lowest BCUT2D eigenvalue weighted by Crippen LogP contribution is -2.50. The van der Waals surface area contributed by atoms with Gasteiger partial charge in [0.15, 0.2) is 0 Å². The highest BCUT2D eigenvalue weighted by molar-refractivity contribution is 5.81. The zero-order valence-corrected chi connectivity index (χ0v) is 9.80. The maximum Gasteiger partial charge on any atom is 0.330 e. The van der Waals surface area contributed by atoms with E-state index in [4.69, 9.17) is 9.47 Å². The molecule has 2 bridgehead atoms. The van der Waals surface area contributed by atoms with Gasteiger partial charge in [-0.15, -0.1) is 0 Å². The quantitative estimate of drug-likeness (QED) is 0.535. The smallest absolute Gasteiger partial charge is 0.330 e. The molecule has 17 heavy (non-hydrogen) atoms. The summed E-state index contributed by atoms with van der Waals surface area (Å²) in [4.78, 5) is 23.0. The molecule has 0 N–H and O–H groups in total. The van der Waals surface area contributed by atoms with Crippen LogP contribution in [0.3, 0.4) is 0 Å². The molecule has 0 radical (unpaired) electrons. The molecule has 0 aromatic heterocycles. The molecule has 4 nitrogen and oxygen atoms in total. The molecule has 3 fully saturated rings. The molecule has 0 amide bonds. The third kappa shape index (κ3) is 1.43. The molecule has 2 saturated carbocycles. The summed E-state index contributed by atoms with van der Waals surface area (Å²) in [6.07, 6.45) is 2.69. The lowest BCUT2D eigenvalue weighted by atomic mass is 9.75. The number of esters is 2. The first-order valence-corrected chi connectivity index (χ1v) is 6.15. The van der Waals surface area contributed by atoms with Crippen molar-refractivity contribution in [2.45, 2.75) is 32.0 Å². The first-order valence-electron chi connectivity index (χ1n) is 6.15. The Balaban J connectivity index is 1.81. The number of fused-ring (bicyclic) bond motifs is 1. The number of carbonyl (C=O) groups excluding carboxylic acids is 2. The molecule has 0 aromatic rings. The van der Waals surface area contributed by atoms with E-state index < -0.39 is 5.97 Å². The molecule has 2 aliphatic carbocycles. The minimum Gasteiger partial charge on any atom is -0.458 e. The topological polar surface area (TPSA) is 52.6 Å². The van der Waals surface area contributed by atoms with Crippen molar-refractivity contribution in [3.63, 3.8) is 0 Å². The van der Waals surface area contributed by atoms with E-state index in [9.17, 15) is 9.59 Å². The van der Waals surface area contributed by atoms with E-state index in [0.717, 1.165) is 18.9 Å². The summed E-state index contributed by atoms with van der Waals surface area (Å²) in [5, 5.41) is 0. The molecule has 92 valence electrons. The van der Waals surface area contributed by atoms with E-state index in [1.54, 1.807) is 0 Å². The summed E-state index contributed by atoms with van der Waals surface area (Å²) in [7, 11) is 0. The first kappa shape index (κ1) is 10.8. The van der Waals surface area contributed by atoms with Crippen molar-refractivity contribution >= 4 is 11.9 Å². The fourth-order valence-electron chi connectivity index (χ4n) is 3.79. The summed E-state index contributed by atoms with van der Waals surface area (Å²) < 4.78 is 10.8. The molecule has 3 aliphatic rings. The monoisotopic (exact) mass is 236 g/mol. The van der Waals surface area contributed by atoms with Crippen LogP contribution in [0.25, 0.3) is 0 Å². The van der Waals surface area contributed by atoms with Crippen molar-refractivity contribution in [1.82, 2.24) is 0 Å². The van der Waals surface area contributed by atoms with E-state index in [-0.39, 0.29) is 24.1 Å². The third-order valence-corrected chi connectivity index (χ3v) is 4.60. The zero-order valence-electron chi connectivity index (χ0n) is 9.80. The van der Waals surface area contributed by atoms with E-state index in [1.165, 1.54) is 0 Å². The van der Waals surface area contributed by atoms with Gasteiger partial charge in [-0.05, 0) is 18.8 Å². The highest BCUT2D eigenvalue weighted by Gasteiger charge is 2.61. The summed E-state index contributed by atoms with van der Waals surface area (Å²) in [6.45, 7) is 5.33. The molecule has 1 heterocycles. The molecule has 0 aromatic carbocycles. The number of rotatable bonds is 2. The van der Waals surface area contributed by atoms with Gasteiger partial charge in [-0.2, -0.15) is 0 Å². The minimum atomic E-state index is -0.422. The highest BCUT2D eigenvalue weighted by atomic mass is 16.6. The van der Waals surface area contributed by atoms with Crippen LogP contribution in [-0.2, 0) is 19.1 Å². The van der Waals surface area contributed by atoms with Gasteiger partial charge in [0.05, 0.1) is 5.92 Å². The van der Waals surface area contributed by atoms with E-state index >= 15 is 0 Å². The van der Waals surface area contributed by atoms with Gasteiger partial charge in [-0.25, -0.2) is 4.79 Å². The molecule has 1 aliphatic heterocycles. The molecule has 3 rings (SSSR count). The molecule has 0 spiro atoms. The standard InChI is InChI=1S/C13H16O4/c1-3-10(14)16-11-7-4-8-6(2)13(15)17-12(11)9(8)5-7/h3,6-9,11-12H,1,4-5H2,2H3. The summed E-state index contributed by atoms with van der Waals surface area (Å²) in [5.41, 5.74) is 0. The van der Waals surface area contributed by atoms with Crippen molar-refractivity contribution < 1.29 is 19.1 Å². The van der Waals surface area contributed by atoms with Crippen molar-refractivity contribution in [3.05, 3.63) is 12.7 Å². The Bertz CT molecular complexity index is 389. The minimum absolute atomic E-state index is 0.00249. The summed E-state index contributed by atoms with van der Waals surface area (Å²) in [5.74, 6) is 0.594. The zero-order chi connectivity index (χ0) is 12.2. The van der Waals surface area contributed by atoms with E-state index in [0.29, 0.717) is 17.8 Å². The Morgan fingerprint density at radius 3 is 2.88 bits per heavy atom. The van der Waals surface area contributed by atoms with Crippen LogP contribution in [0.5, 0.6) is 0 Å². The van der Waals surface area contributed by atoms with Crippen molar-refractivity contribution in [1.29, 1.82) is 0 Å². The predicted molar refractivity (Wildman–Crippen MR) is 58.8 cm³/mol. The lowest BCUT2D eigenvalue weighted by Gasteiger charge is -2.41. The fraction of sp³-hybridized carbons (Fsp3) is 0.692. The normalized spacial score (nSPS) is 46.5. The second-order valence-electron chi connectivity index (χ2n) is 5.35. The van der Waals surface area contributed by atoms with Crippen LogP contribution < -0.4 is 0 Å². The van der Waals surface area contributed by atoms with E-state index in [2.05, 4.69) is 6.58 Å². The van der Waals surface area contributed by atoms with Crippen LogP contribution in [0.4, 0.5) is 0 Å². The summed E-state index contributed by atoms with van der Waals surface area (Å²) >= 11 is 0. The largest absolute Gasteiger partial charge is 0.458 e. The molecule has 6 unspecified atom stereocenters. The van der Waals surface area contributed by atoms with Gasteiger partial charge in [0.25, 0.3) is 0 Å². The number of hydrogen-bond acceptors (Lipinski definition) is 4. The first-order chi connectivity index (χ1) is 8.11. The van der Waals surface area contributed by atoms with E-state index in [1.807, 2.05) is 6.92 Å². The van der Waals surface area contributed by atoms with Gasteiger partial charge in [0, 0.05) is 17.9 Å². The Morgan fingerprint density at radius 2 is 2.18 bits per heavy atom. The third-order valence-electron chi connectivity index (χ3n) is 4.60. The van der Waals surface area contributed by atoms with Crippen LogP contribution >= 0.6 is 0 Å². The Morgan fingerprint density at radius 1 is 1.47 bits per heavy atom. The Kier molecular flexibility index (Phi) is 2.28. The van der Waals surface area contributed by atoms with Crippen molar-refractivity contribution in [2.75, 3.05) is 0 Å². The molecule has 1 saturated heterocycles. The number of ether oxygens (including phenoxy) is 2. The van der Waals surface area contributed by atoms with Gasteiger partial charge in [-0.3, -0.25) is 4.79 Å². The second kappa shape index (κ2) is 3.59. The number of carbonyl (C=O) groups is 2. The lowest BCUT2D eigenvalue weighted by molar-refractivity contribution is -0.189. The van der Waals surface area contributed by atoms with Crippen molar-refractivity contribution in [3.8, 4) is 0 Å². The Hall–Kier alpha value is -1.32. The molecule has 4 heteroatoms. The fourth-order valence-corrected chi connectivity index (χ4v) is 3.79. The number of hydrogen-bond donors (Lipinski definition) is 0. The van der Waals surface area contributed by atoms with Crippen LogP contribution in [-0.4, -0.2) is 24.1 Å². The predicted octanol–water partition coefficient (Wildman–Crippen LogP) is 1.30. The van der Waals surface area contributed by atoms with Gasteiger partial charge in [-0.1, -0.05) is 13.5 Å². The van der Waals surface area contributed by atoms with Crippen LogP contribution in [0, 0.1) is 23.7 Å². The Labute approximate surface area is 100.0 Å². The molecular formula is C13H16O4. The van der Waals surface area contributed by atoms with Gasteiger partial charge >= 0.3 is 11.9 Å². The maximum atomic E-state index is 11.7. The summed E-state index contributed by atoms with van der Waals surface area (Å²) in [6, 6.07) is 0. The average molecular weight is 236 g/mol. The van der Waals surface area contributed by atoms with Gasteiger partial charge < -0.3 is 9.47 Å². The SMILES string of the molecule is C=CC(=O)OC1C2CC3C(C)C(=O)OC1C3C2. The van der Waals surface area contributed by atoms with Crippen LogP contribution in [0.15, 0.2) is 12.7 Å². The molecule has 6 atom stereocenters. The average Bonchev–Trinajstić information content (AvgIpc) is 2.87. The van der Waals surface area contributed by atoms with Gasteiger partial charge in [0.1, 0.15) is 12.2 Å².